The van der Waals surface area contributed by atoms with Crippen molar-refractivity contribution in [3.8, 4) is 0 Å². The molecule has 0 spiro atoms. The summed E-state index contributed by atoms with van der Waals surface area (Å²) in [5, 5.41) is 12.7. The fourth-order valence-electron chi connectivity index (χ4n) is 1.76. The molecule has 0 bridgehead atoms. The Morgan fingerprint density at radius 2 is 2.00 bits per heavy atom. The minimum atomic E-state index is 0.216. The summed E-state index contributed by atoms with van der Waals surface area (Å²) >= 11 is 0. The summed E-state index contributed by atoms with van der Waals surface area (Å²) < 4.78 is 0. The molecule has 15 heavy (non-hydrogen) atoms. The van der Waals surface area contributed by atoms with Gasteiger partial charge >= 0.3 is 0 Å². The SMILES string of the molecule is OC[C@@H](Cc1ccccc1)NCC1CC1. The van der Waals surface area contributed by atoms with Crippen LogP contribution in [0.3, 0.4) is 0 Å². The molecule has 0 amide bonds. The minimum Gasteiger partial charge on any atom is -0.395 e. The van der Waals surface area contributed by atoms with Crippen molar-refractivity contribution < 1.29 is 5.11 Å². The van der Waals surface area contributed by atoms with Gasteiger partial charge in [0.2, 0.25) is 0 Å². The zero-order chi connectivity index (χ0) is 10.5. The first kappa shape index (κ1) is 10.7. The second kappa shape index (κ2) is 5.29. The van der Waals surface area contributed by atoms with Crippen LogP contribution in [-0.4, -0.2) is 24.3 Å². The van der Waals surface area contributed by atoms with Gasteiger partial charge < -0.3 is 10.4 Å². The van der Waals surface area contributed by atoms with Gasteiger partial charge in [-0.05, 0) is 37.3 Å². The van der Waals surface area contributed by atoms with Gasteiger partial charge in [0.15, 0.2) is 0 Å². The minimum absolute atomic E-state index is 0.216. The number of aliphatic hydroxyl groups excluding tert-OH is 1. The lowest BCUT2D eigenvalue weighted by molar-refractivity contribution is 0.240. The topological polar surface area (TPSA) is 32.3 Å². The second-order valence-electron chi connectivity index (χ2n) is 4.42. The van der Waals surface area contributed by atoms with Gasteiger partial charge in [0.05, 0.1) is 6.61 Å². The Bertz CT molecular complexity index is 282. The average Bonchev–Trinajstić information content (AvgIpc) is 3.09. The van der Waals surface area contributed by atoms with Gasteiger partial charge in [0.25, 0.3) is 0 Å². The molecule has 2 N–H and O–H groups in total. The second-order valence-corrected chi connectivity index (χ2v) is 4.42. The van der Waals surface area contributed by atoms with Gasteiger partial charge in [-0.3, -0.25) is 0 Å². The van der Waals surface area contributed by atoms with Crippen LogP contribution in [0.2, 0.25) is 0 Å². The molecule has 1 saturated carbocycles. The number of hydrogen-bond donors (Lipinski definition) is 2. The molecule has 1 aliphatic carbocycles. The maximum atomic E-state index is 9.26. The van der Waals surface area contributed by atoms with Crippen molar-refractivity contribution in [2.75, 3.05) is 13.2 Å². The molecule has 0 radical (unpaired) electrons. The Morgan fingerprint density at radius 1 is 1.27 bits per heavy atom. The van der Waals surface area contributed by atoms with E-state index in [1.165, 1.54) is 18.4 Å². The van der Waals surface area contributed by atoms with E-state index in [0.29, 0.717) is 0 Å². The Kier molecular flexibility index (Phi) is 3.75. The molecule has 2 heteroatoms. The molecule has 0 aromatic heterocycles. The summed E-state index contributed by atoms with van der Waals surface area (Å²) in [6, 6.07) is 10.6. The first-order valence-corrected chi connectivity index (χ1v) is 5.76. The first-order valence-electron chi connectivity index (χ1n) is 5.76. The highest BCUT2D eigenvalue weighted by atomic mass is 16.3. The van der Waals surface area contributed by atoms with Crippen LogP contribution in [0.25, 0.3) is 0 Å². The zero-order valence-corrected chi connectivity index (χ0v) is 9.02. The predicted octanol–water partition coefficient (Wildman–Crippen LogP) is 1.59. The highest BCUT2D eigenvalue weighted by Crippen LogP contribution is 2.27. The molecular formula is C13H19NO. The van der Waals surface area contributed by atoms with Crippen LogP contribution in [0.1, 0.15) is 18.4 Å². The van der Waals surface area contributed by atoms with Gasteiger partial charge in [-0.25, -0.2) is 0 Å². The van der Waals surface area contributed by atoms with E-state index in [1.807, 2.05) is 18.2 Å². The number of nitrogens with one attached hydrogen (secondary N) is 1. The monoisotopic (exact) mass is 205 g/mol. The van der Waals surface area contributed by atoms with Crippen LogP contribution in [0.4, 0.5) is 0 Å². The molecule has 2 nitrogen and oxygen atoms in total. The van der Waals surface area contributed by atoms with Crippen molar-refractivity contribution in [3.05, 3.63) is 35.9 Å². The maximum absolute atomic E-state index is 9.26. The molecule has 0 unspecified atom stereocenters. The highest BCUT2D eigenvalue weighted by molar-refractivity contribution is 5.15. The largest absolute Gasteiger partial charge is 0.395 e. The molecule has 1 aliphatic rings. The number of hydrogen-bond acceptors (Lipinski definition) is 2. The van der Waals surface area contributed by atoms with Crippen LogP contribution in [0, 0.1) is 5.92 Å². The molecule has 1 atom stereocenters. The summed E-state index contributed by atoms with van der Waals surface area (Å²) in [6.07, 6.45) is 3.64. The van der Waals surface area contributed by atoms with E-state index in [0.717, 1.165) is 18.9 Å². The quantitative estimate of drug-likeness (QED) is 0.739. The van der Waals surface area contributed by atoms with E-state index in [-0.39, 0.29) is 12.6 Å². The van der Waals surface area contributed by atoms with E-state index >= 15 is 0 Å². The molecule has 1 fully saturated rings. The van der Waals surface area contributed by atoms with Crippen molar-refractivity contribution in [2.24, 2.45) is 5.92 Å². The van der Waals surface area contributed by atoms with E-state index in [4.69, 9.17) is 0 Å². The van der Waals surface area contributed by atoms with Crippen LogP contribution < -0.4 is 5.32 Å². The number of benzene rings is 1. The lowest BCUT2D eigenvalue weighted by Crippen LogP contribution is -2.35. The fraction of sp³-hybridized carbons (Fsp3) is 0.538. The van der Waals surface area contributed by atoms with E-state index in [2.05, 4.69) is 17.4 Å². The summed E-state index contributed by atoms with van der Waals surface area (Å²) in [5.74, 6) is 0.870. The summed E-state index contributed by atoms with van der Waals surface area (Å²) in [6.45, 7) is 1.29. The third-order valence-electron chi connectivity index (χ3n) is 2.94. The Hall–Kier alpha value is -0.860. The molecule has 0 heterocycles. The lowest BCUT2D eigenvalue weighted by Gasteiger charge is -2.15. The van der Waals surface area contributed by atoms with Crippen LogP contribution >= 0.6 is 0 Å². The summed E-state index contributed by atoms with van der Waals surface area (Å²) in [7, 11) is 0. The van der Waals surface area contributed by atoms with Gasteiger partial charge in [0, 0.05) is 6.04 Å². The lowest BCUT2D eigenvalue weighted by atomic mass is 10.1. The predicted molar refractivity (Wildman–Crippen MR) is 61.7 cm³/mol. The maximum Gasteiger partial charge on any atom is 0.0587 e. The van der Waals surface area contributed by atoms with E-state index < -0.39 is 0 Å². The third kappa shape index (κ3) is 3.65. The standard InChI is InChI=1S/C13H19NO/c15-10-13(14-9-12-6-7-12)8-11-4-2-1-3-5-11/h1-5,12-15H,6-10H2/t13-/m1/s1. The normalized spacial score (nSPS) is 17.7. The van der Waals surface area contributed by atoms with Crippen molar-refractivity contribution in [1.82, 2.24) is 5.32 Å². The molecule has 1 aromatic rings. The number of rotatable bonds is 6. The Morgan fingerprint density at radius 3 is 2.60 bits per heavy atom. The molecule has 0 saturated heterocycles. The zero-order valence-electron chi connectivity index (χ0n) is 9.02. The van der Waals surface area contributed by atoms with E-state index in [9.17, 15) is 5.11 Å². The van der Waals surface area contributed by atoms with Crippen LogP contribution in [0.15, 0.2) is 30.3 Å². The van der Waals surface area contributed by atoms with Crippen molar-refractivity contribution in [2.45, 2.75) is 25.3 Å². The molecular weight excluding hydrogens is 186 g/mol. The third-order valence-corrected chi connectivity index (χ3v) is 2.94. The van der Waals surface area contributed by atoms with Gasteiger partial charge in [-0.1, -0.05) is 30.3 Å². The molecule has 2 rings (SSSR count). The fourth-order valence-corrected chi connectivity index (χ4v) is 1.76. The molecule has 0 aliphatic heterocycles. The summed E-state index contributed by atoms with van der Waals surface area (Å²) in [4.78, 5) is 0. The van der Waals surface area contributed by atoms with Gasteiger partial charge in [0.1, 0.15) is 0 Å². The Balaban J connectivity index is 1.78. The number of aliphatic hydroxyl groups is 1. The van der Waals surface area contributed by atoms with Crippen molar-refractivity contribution in [1.29, 1.82) is 0 Å². The van der Waals surface area contributed by atoms with Gasteiger partial charge in [-0.15, -0.1) is 0 Å². The van der Waals surface area contributed by atoms with Crippen LogP contribution in [0.5, 0.6) is 0 Å². The molecule has 82 valence electrons. The summed E-state index contributed by atoms with van der Waals surface area (Å²) in [5.41, 5.74) is 1.29. The van der Waals surface area contributed by atoms with Gasteiger partial charge in [-0.2, -0.15) is 0 Å². The molecule has 1 aromatic carbocycles. The van der Waals surface area contributed by atoms with Crippen molar-refractivity contribution in [3.63, 3.8) is 0 Å². The van der Waals surface area contributed by atoms with Crippen LogP contribution in [-0.2, 0) is 6.42 Å². The van der Waals surface area contributed by atoms with E-state index in [1.54, 1.807) is 0 Å². The van der Waals surface area contributed by atoms with Crippen molar-refractivity contribution >= 4 is 0 Å². The highest BCUT2D eigenvalue weighted by Gasteiger charge is 2.21. The smallest absolute Gasteiger partial charge is 0.0587 e. The Labute approximate surface area is 91.3 Å². The average molecular weight is 205 g/mol. The first-order chi connectivity index (χ1) is 7.38.